The van der Waals surface area contributed by atoms with E-state index in [1.54, 1.807) is 29.2 Å². The second-order valence-electron chi connectivity index (χ2n) is 7.64. The number of carbonyl (C=O) groups excluding carboxylic acids is 1. The average molecular weight is 458 g/mol. The van der Waals surface area contributed by atoms with Crippen molar-refractivity contribution in [1.29, 1.82) is 5.26 Å². The van der Waals surface area contributed by atoms with Crippen molar-refractivity contribution in [3.05, 3.63) is 60.3 Å². The normalized spacial score (nSPS) is 11.9. The average Bonchev–Trinajstić information content (AvgIpc) is 3.27. The molecule has 0 saturated carbocycles. The van der Waals surface area contributed by atoms with Crippen molar-refractivity contribution in [2.75, 3.05) is 11.9 Å². The second-order valence-corrected chi connectivity index (χ2v) is 7.64. The summed E-state index contributed by atoms with van der Waals surface area (Å²) in [6, 6.07) is 8.85. The molecule has 34 heavy (non-hydrogen) atoms. The molecule has 0 spiro atoms. The number of nitrogens with one attached hydrogen (secondary N) is 1. The molecule has 0 aliphatic carbocycles. The number of anilines is 1. The van der Waals surface area contributed by atoms with E-state index in [0.29, 0.717) is 22.4 Å². The minimum Gasteiger partial charge on any atom is -0.461 e. The summed E-state index contributed by atoms with van der Waals surface area (Å²) < 4.78 is 13.2. The zero-order valence-corrected chi connectivity index (χ0v) is 18.8. The van der Waals surface area contributed by atoms with Gasteiger partial charge in [-0.15, -0.1) is 0 Å². The summed E-state index contributed by atoms with van der Waals surface area (Å²) in [6.07, 6.45) is 4.81. The Kier molecular flexibility index (Phi) is 6.70. The van der Waals surface area contributed by atoms with Crippen LogP contribution in [0, 0.1) is 18.3 Å². The number of carbonyl (C=O) groups is 1. The van der Waals surface area contributed by atoms with E-state index >= 15 is 0 Å². The fraction of sp³-hybridized carbons (Fsp3) is 0.261. The third-order valence-corrected chi connectivity index (χ3v) is 4.78. The summed E-state index contributed by atoms with van der Waals surface area (Å²) in [7, 11) is 0. The highest BCUT2D eigenvalue weighted by Gasteiger charge is 2.25. The Balaban J connectivity index is 1.62. The molecule has 0 bridgehead atoms. The number of rotatable bonds is 8. The van der Waals surface area contributed by atoms with E-state index in [4.69, 9.17) is 14.7 Å². The third-order valence-electron chi connectivity index (χ3n) is 4.78. The molecule has 11 heteroatoms. The minimum absolute atomic E-state index is 0.0151. The Bertz CT molecular complexity index is 1340. The number of pyridine rings is 2. The molecule has 4 aromatic heterocycles. The first-order valence-electron chi connectivity index (χ1n) is 10.5. The number of nitrogens with zero attached hydrogens (tertiary/aromatic N) is 7. The Hall–Kier alpha value is -4.43. The van der Waals surface area contributed by atoms with E-state index in [0.717, 1.165) is 5.56 Å². The highest BCUT2D eigenvalue weighted by atomic mass is 16.5. The number of aryl methyl sites for hydroxylation is 1. The lowest BCUT2D eigenvalue weighted by Gasteiger charge is -2.19. The highest BCUT2D eigenvalue weighted by molar-refractivity contribution is 5.94. The van der Waals surface area contributed by atoms with Gasteiger partial charge in [0.2, 0.25) is 12.0 Å². The smallest absolute Gasteiger partial charge is 0.269 e. The van der Waals surface area contributed by atoms with Crippen LogP contribution >= 0.6 is 0 Å². The van der Waals surface area contributed by atoms with Gasteiger partial charge in [-0.1, -0.05) is 6.07 Å². The predicted molar refractivity (Wildman–Crippen MR) is 122 cm³/mol. The molecule has 172 valence electrons. The number of amides is 1. The van der Waals surface area contributed by atoms with Crippen LogP contribution in [0.15, 0.2) is 49.2 Å². The molecule has 0 aliphatic heterocycles. The molecule has 0 saturated heterocycles. The Morgan fingerprint density at radius 3 is 2.74 bits per heavy atom. The quantitative estimate of drug-likeness (QED) is 0.422. The van der Waals surface area contributed by atoms with E-state index in [9.17, 15) is 4.79 Å². The van der Waals surface area contributed by atoms with Gasteiger partial charge in [-0.05, 0) is 44.5 Å². The maximum Gasteiger partial charge on any atom is 0.269 e. The molecule has 0 aliphatic rings. The summed E-state index contributed by atoms with van der Waals surface area (Å²) >= 11 is 0. The van der Waals surface area contributed by atoms with Crippen molar-refractivity contribution in [3.63, 3.8) is 0 Å². The summed E-state index contributed by atoms with van der Waals surface area (Å²) in [5, 5.41) is 16.5. The Morgan fingerprint density at radius 2 is 2.03 bits per heavy atom. The van der Waals surface area contributed by atoms with Crippen LogP contribution in [0.3, 0.4) is 0 Å². The molecule has 0 fully saturated rings. The van der Waals surface area contributed by atoms with Gasteiger partial charge in [0.1, 0.15) is 23.6 Å². The SMILES string of the molecule is Cc1cccnc1-n1ncc2c(OC(COC(C)C)C(=O)Nc3ccc(C#N)cn3)ncnc21. The maximum atomic E-state index is 13.0. The molecule has 1 unspecified atom stereocenters. The number of aromatic nitrogens is 6. The third kappa shape index (κ3) is 4.97. The van der Waals surface area contributed by atoms with E-state index < -0.39 is 12.0 Å². The van der Waals surface area contributed by atoms with Gasteiger partial charge in [0.25, 0.3) is 5.91 Å². The van der Waals surface area contributed by atoms with Gasteiger partial charge >= 0.3 is 0 Å². The van der Waals surface area contributed by atoms with Crippen molar-refractivity contribution in [3.8, 4) is 17.8 Å². The summed E-state index contributed by atoms with van der Waals surface area (Å²) in [4.78, 5) is 30.0. The van der Waals surface area contributed by atoms with Gasteiger partial charge in [-0.3, -0.25) is 4.79 Å². The summed E-state index contributed by atoms with van der Waals surface area (Å²) in [5.74, 6) is 0.627. The second kappa shape index (κ2) is 10.0. The lowest BCUT2D eigenvalue weighted by Crippen LogP contribution is -2.38. The van der Waals surface area contributed by atoms with E-state index in [-0.39, 0.29) is 24.4 Å². The van der Waals surface area contributed by atoms with Crippen molar-refractivity contribution in [1.82, 2.24) is 29.7 Å². The molecule has 4 aromatic rings. The van der Waals surface area contributed by atoms with Crippen LogP contribution in [0.2, 0.25) is 0 Å². The first kappa shape index (κ1) is 22.8. The largest absolute Gasteiger partial charge is 0.461 e. The van der Waals surface area contributed by atoms with Crippen LogP contribution in [0.5, 0.6) is 5.88 Å². The molecule has 1 N–H and O–H groups in total. The number of ether oxygens (including phenoxy) is 2. The van der Waals surface area contributed by atoms with Crippen LogP contribution in [-0.4, -0.2) is 54.4 Å². The molecular formula is C23H22N8O3. The van der Waals surface area contributed by atoms with Crippen LogP contribution in [0.25, 0.3) is 16.9 Å². The van der Waals surface area contributed by atoms with E-state index in [1.807, 2.05) is 39.0 Å². The molecular weight excluding hydrogens is 436 g/mol. The van der Waals surface area contributed by atoms with Crippen LogP contribution in [0.4, 0.5) is 5.82 Å². The molecule has 0 radical (unpaired) electrons. The molecule has 1 atom stereocenters. The Labute approximate surface area is 195 Å². The van der Waals surface area contributed by atoms with Crippen LogP contribution < -0.4 is 10.1 Å². The van der Waals surface area contributed by atoms with Crippen LogP contribution in [-0.2, 0) is 9.53 Å². The van der Waals surface area contributed by atoms with Gasteiger partial charge in [0.15, 0.2) is 11.5 Å². The minimum atomic E-state index is -1.03. The molecule has 11 nitrogen and oxygen atoms in total. The molecule has 0 aromatic carbocycles. The summed E-state index contributed by atoms with van der Waals surface area (Å²) in [5.41, 5.74) is 1.80. The van der Waals surface area contributed by atoms with Crippen molar-refractivity contribution >= 4 is 22.8 Å². The zero-order valence-electron chi connectivity index (χ0n) is 18.8. The summed E-state index contributed by atoms with van der Waals surface area (Å²) in [6.45, 7) is 5.63. The fourth-order valence-electron chi connectivity index (χ4n) is 3.09. The number of hydrogen-bond acceptors (Lipinski definition) is 9. The molecule has 4 heterocycles. The first-order valence-corrected chi connectivity index (χ1v) is 10.5. The van der Waals surface area contributed by atoms with Gasteiger partial charge in [-0.2, -0.15) is 15.0 Å². The molecule has 4 rings (SSSR count). The maximum absolute atomic E-state index is 13.0. The van der Waals surface area contributed by atoms with Gasteiger partial charge in [0, 0.05) is 12.4 Å². The van der Waals surface area contributed by atoms with Crippen molar-refractivity contribution in [2.45, 2.75) is 33.0 Å². The zero-order chi connectivity index (χ0) is 24.1. The van der Waals surface area contributed by atoms with Gasteiger partial charge < -0.3 is 14.8 Å². The Morgan fingerprint density at radius 1 is 1.18 bits per heavy atom. The van der Waals surface area contributed by atoms with Gasteiger partial charge in [0.05, 0.1) is 24.5 Å². The predicted octanol–water partition coefficient (Wildman–Crippen LogP) is 2.60. The number of fused-ring (bicyclic) bond motifs is 1. The number of nitriles is 1. The lowest BCUT2D eigenvalue weighted by atomic mass is 10.3. The van der Waals surface area contributed by atoms with Crippen molar-refractivity contribution in [2.24, 2.45) is 0 Å². The lowest BCUT2D eigenvalue weighted by molar-refractivity contribution is -0.126. The number of hydrogen-bond donors (Lipinski definition) is 1. The van der Waals surface area contributed by atoms with Crippen molar-refractivity contribution < 1.29 is 14.3 Å². The monoisotopic (exact) mass is 458 g/mol. The first-order chi connectivity index (χ1) is 16.5. The van der Waals surface area contributed by atoms with E-state index in [1.165, 1.54) is 12.5 Å². The highest BCUT2D eigenvalue weighted by Crippen LogP contribution is 2.25. The topological polar surface area (TPSA) is 141 Å². The fourth-order valence-corrected chi connectivity index (χ4v) is 3.09. The van der Waals surface area contributed by atoms with E-state index in [2.05, 4.69) is 30.4 Å². The van der Waals surface area contributed by atoms with Gasteiger partial charge in [-0.25, -0.2) is 19.9 Å². The van der Waals surface area contributed by atoms with Crippen LogP contribution in [0.1, 0.15) is 25.0 Å². The molecule has 1 amide bonds. The standard InChI is InChI=1S/C23H22N8O3/c1-14(2)33-12-18(22(32)30-19-7-6-16(9-24)10-26-19)34-23-17-11-29-31(21(17)27-13-28-23)20-15(3)5-4-8-25-20/h4-8,10-11,13-14,18H,12H2,1-3H3,(H,26,30,32).